The molecule has 3 aromatic heterocycles. The third kappa shape index (κ3) is 2.10. The predicted molar refractivity (Wildman–Crippen MR) is 75.5 cm³/mol. The Morgan fingerprint density at radius 3 is 2.84 bits per heavy atom. The molecule has 0 aliphatic carbocycles. The number of hydrogen-bond donors (Lipinski definition) is 2. The molecule has 4 nitrogen and oxygen atoms in total. The van der Waals surface area contributed by atoms with Gasteiger partial charge in [-0.05, 0) is 18.2 Å². The number of pyridine rings is 1. The quantitative estimate of drug-likeness (QED) is 0.557. The number of nitrogens with zero attached hydrogens (tertiary/aromatic N) is 1. The van der Waals surface area contributed by atoms with Crippen LogP contribution in [0.25, 0.3) is 11.0 Å². The molecule has 0 aliphatic heterocycles. The number of H-pyrrole nitrogens is 1. The number of carbonyl (C=O) groups excluding carboxylic acids is 1. The second-order valence-electron chi connectivity index (χ2n) is 3.84. The van der Waals surface area contributed by atoms with E-state index in [0.29, 0.717) is 20.9 Å². The van der Waals surface area contributed by atoms with Gasteiger partial charge >= 0.3 is 0 Å². The van der Waals surface area contributed by atoms with Crippen molar-refractivity contribution in [2.75, 3.05) is 0 Å². The number of carbonyl (C=O) groups is 1. The zero-order valence-corrected chi connectivity index (χ0v) is 11.6. The molecule has 7 heteroatoms. The van der Waals surface area contributed by atoms with E-state index in [0.717, 1.165) is 0 Å². The van der Waals surface area contributed by atoms with Crippen LogP contribution in [0.1, 0.15) is 15.2 Å². The molecule has 3 rings (SSSR count). The van der Waals surface area contributed by atoms with Crippen molar-refractivity contribution in [3.63, 3.8) is 0 Å². The lowest BCUT2D eigenvalue weighted by molar-refractivity contribution is 0.104. The van der Waals surface area contributed by atoms with Gasteiger partial charge in [-0.25, -0.2) is 4.98 Å². The van der Waals surface area contributed by atoms with Crippen LogP contribution < -0.4 is 0 Å². The van der Waals surface area contributed by atoms with Crippen molar-refractivity contribution in [1.29, 1.82) is 0 Å². The van der Waals surface area contributed by atoms with Crippen LogP contribution in [0.4, 0.5) is 0 Å². The van der Waals surface area contributed by atoms with Crippen LogP contribution in [0.5, 0.6) is 5.88 Å². The minimum atomic E-state index is -0.338. The highest BCUT2D eigenvalue weighted by Crippen LogP contribution is 2.31. The Hall–Kier alpha value is -1.56. The van der Waals surface area contributed by atoms with Crippen LogP contribution in [-0.4, -0.2) is 20.9 Å². The third-order valence-corrected chi connectivity index (χ3v) is 4.09. The van der Waals surface area contributed by atoms with Crippen molar-refractivity contribution >= 4 is 51.4 Å². The molecule has 0 amide bonds. The summed E-state index contributed by atoms with van der Waals surface area (Å²) >= 11 is 12.8. The molecule has 0 saturated heterocycles. The van der Waals surface area contributed by atoms with E-state index in [1.54, 1.807) is 23.6 Å². The molecule has 3 aromatic rings. The number of thiophene rings is 1. The van der Waals surface area contributed by atoms with Gasteiger partial charge in [-0.3, -0.25) is 4.79 Å². The summed E-state index contributed by atoms with van der Waals surface area (Å²) in [5.41, 5.74) is 1.00. The molecule has 0 aliphatic rings. The van der Waals surface area contributed by atoms with Crippen LogP contribution in [0.2, 0.25) is 10.2 Å². The summed E-state index contributed by atoms with van der Waals surface area (Å²) < 4.78 is 0. The van der Waals surface area contributed by atoms with Gasteiger partial charge < -0.3 is 10.1 Å². The van der Waals surface area contributed by atoms with Crippen molar-refractivity contribution < 1.29 is 9.90 Å². The average Bonchev–Trinajstić information content (AvgIpc) is 2.91. The van der Waals surface area contributed by atoms with Crippen molar-refractivity contribution in [3.8, 4) is 5.88 Å². The molecule has 0 atom stereocenters. The fourth-order valence-electron chi connectivity index (χ4n) is 1.80. The molecule has 0 bridgehead atoms. The van der Waals surface area contributed by atoms with Gasteiger partial charge in [-0.1, -0.05) is 23.2 Å². The van der Waals surface area contributed by atoms with Crippen molar-refractivity contribution in [3.05, 3.63) is 44.2 Å². The van der Waals surface area contributed by atoms with Gasteiger partial charge in [-0.2, -0.15) is 0 Å². The molecular formula is C12H6Cl2N2O2S. The second kappa shape index (κ2) is 4.52. The number of halogens is 2. The molecular weight excluding hydrogens is 307 g/mol. The van der Waals surface area contributed by atoms with Crippen LogP contribution in [-0.2, 0) is 0 Å². The Morgan fingerprint density at radius 1 is 1.37 bits per heavy atom. The molecule has 2 N–H and O–H groups in total. The van der Waals surface area contributed by atoms with E-state index in [2.05, 4.69) is 9.97 Å². The number of hydrogen-bond acceptors (Lipinski definition) is 4. The molecule has 96 valence electrons. The van der Waals surface area contributed by atoms with Gasteiger partial charge in [0.2, 0.25) is 11.7 Å². The van der Waals surface area contributed by atoms with Crippen LogP contribution >= 0.6 is 34.5 Å². The summed E-state index contributed by atoms with van der Waals surface area (Å²) in [6, 6.07) is 4.79. The van der Waals surface area contributed by atoms with Gasteiger partial charge in [0.15, 0.2) is 0 Å². The van der Waals surface area contributed by atoms with E-state index >= 15 is 0 Å². The smallest absolute Gasteiger partial charge is 0.210 e. The first kappa shape index (κ1) is 12.5. The van der Waals surface area contributed by atoms with Crippen LogP contribution in [0.3, 0.4) is 0 Å². The van der Waals surface area contributed by atoms with E-state index in [-0.39, 0.29) is 22.4 Å². The zero-order valence-electron chi connectivity index (χ0n) is 9.28. The highest BCUT2D eigenvalue weighted by Gasteiger charge is 2.22. The molecule has 3 heterocycles. The first-order chi connectivity index (χ1) is 9.06. The highest BCUT2D eigenvalue weighted by atomic mass is 35.5. The van der Waals surface area contributed by atoms with Crippen molar-refractivity contribution in [1.82, 2.24) is 9.97 Å². The monoisotopic (exact) mass is 312 g/mol. The SMILES string of the molecule is O=C(c1cc(Cl)cs1)c1c(O)[nH]c2ccc(Cl)nc12. The minimum Gasteiger partial charge on any atom is -0.494 e. The normalized spacial score (nSPS) is 11.1. The van der Waals surface area contributed by atoms with Gasteiger partial charge in [-0.15, -0.1) is 11.3 Å². The Morgan fingerprint density at radius 2 is 2.16 bits per heavy atom. The lowest BCUT2D eigenvalue weighted by Crippen LogP contribution is -1.98. The number of aromatic amines is 1. The van der Waals surface area contributed by atoms with Crippen LogP contribution in [0, 0.1) is 0 Å². The summed E-state index contributed by atoms with van der Waals surface area (Å²) in [6.07, 6.45) is 0. The Labute approximate surface area is 121 Å². The lowest BCUT2D eigenvalue weighted by atomic mass is 10.1. The van der Waals surface area contributed by atoms with Gasteiger partial charge in [0.05, 0.1) is 15.4 Å². The molecule has 0 fully saturated rings. The topological polar surface area (TPSA) is 66.0 Å². The summed E-state index contributed by atoms with van der Waals surface area (Å²) in [5.74, 6) is -0.560. The van der Waals surface area contributed by atoms with E-state index in [4.69, 9.17) is 23.2 Å². The number of aromatic hydroxyl groups is 1. The Kier molecular flexibility index (Phi) is 2.97. The number of aromatic nitrogens is 2. The molecule has 0 radical (unpaired) electrons. The fourth-order valence-corrected chi connectivity index (χ4v) is 2.97. The molecule has 0 unspecified atom stereocenters. The van der Waals surface area contributed by atoms with Crippen LogP contribution in [0.15, 0.2) is 23.6 Å². The van der Waals surface area contributed by atoms with Gasteiger partial charge in [0.1, 0.15) is 16.2 Å². The van der Waals surface area contributed by atoms with Gasteiger partial charge in [0, 0.05) is 5.38 Å². The maximum atomic E-state index is 12.4. The number of rotatable bonds is 2. The fraction of sp³-hybridized carbons (Fsp3) is 0. The molecule has 0 aromatic carbocycles. The second-order valence-corrected chi connectivity index (χ2v) is 5.57. The largest absolute Gasteiger partial charge is 0.494 e. The van der Waals surface area contributed by atoms with Crippen molar-refractivity contribution in [2.24, 2.45) is 0 Å². The predicted octanol–water partition coefficient (Wildman–Crippen LogP) is 3.87. The summed E-state index contributed by atoms with van der Waals surface area (Å²) in [5, 5.41) is 12.3. The third-order valence-electron chi connectivity index (χ3n) is 2.61. The summed E-state index contributed by atoms with van der Waals surface area (Å²) in [4.78, 5) is 19.6. The van der Waals surface area contributed by atoms with Gasteiger partial charge in [0.25, 0.3) is 0 Å². The Bertz CT molecular complexity index is 794. The van der Waals surface area contributed by atoms with E-state index in [1.807, 2.05) is 0 Å². The first-order valence-electron chi connectivity index (χ1n) is 5.22. The maximum Gasteiger partial charge on any atom is 0.210 e. The number of nitrogens with one attached hydrogen (secondary N) is 1. The van der Waals surface area contributed by atoms with E-state index in [9.17, 15) is 9.90 Å². The maximum absolute atomic E-state index is 12.4. The standard InChI is InChI=1S/C12H6Cl2N2O2S/c13-5-3-7(19-4-5)11(17)9-10-6(15-12(9)18)1-2-8(14)16-10/h1-4,15,18H. The number of fused-ring (bicyclic) bond motifs is 1. The first-order valence-corrected chi connectivity index (χ1v) is 6.86. The molecule has 19 heavy (non-hydrogen) atoms. The zero-order chi connectivity index (χ0) is 13.6. The molecule has 0 spiro atoms. The Balaban J connectivity index is 2.21. The molecule has 0 saturated carbocycles. The minimum absolute atomic E-state index is 0.107. The average molecular weight is 313 g/mol. The number of ketones is 1. The van der Waals surface area contributed by atoms with E-state index in [1.165, 1.54) is 11.3 Å². The summed E-state index contributed by atoms with van der Waals surface area (Å²) in [7, 11) is 0. The summed E-state index contributed by atoms with van der Waals surface area (Å²) in [6.45, 7) is 0. The highest BCUT2D eigenvalue weighted by molar-refractivity contribution is 7.12. The van der Waals surface area contributed by atoms with Crippen molar-refractivity contribution in [2.45, 2.75) is 0 Å². The van der Waals surface area contributed by atoms with E-state index < -0.39 is 0 Å². The lowest BCUT2D eigenvalue weighted by Gasteiger charge is -1.97.